The van der Waals surface area contributed by atoms with Gasteiger partial charge in [-0.3, -0.25) is 4.79 Å². The van der Waals surface area contributed by atoms with Gasteiger partial charge >= 0.3 is 0 Å². The lowest BCUT2D eigenvalue weighted by molar-refractivity contribution is -0.123. The summed E-state index contributed by atoms with van der Waals surface area (Å²) in [4.78, 5) is 12.5. The molecule has 4 rings (SSSR count). The van der Waals surface area contributed by atoms with E-state index >= 15 is 0 Å². The Kier molecular flexibility index (Phi) is 3.98. The van der Waals surface area contributed by atoms with E-state index in [0.717, 1.165) is 28.5 Å². The molecule has 0 spiro atoms. The van der Waals surface area contributed by atoms with Crippen molar-refractivity contribution in [1.29, 1.82) is 0 Å². The fourth-order valence-corrected chi connectivity index (χ4v) is 4.67. The molecule has 4 heteroatoms. The lowest BCUT2D eigenvalue weighted by Gasteiger charge is -2.15. The van der Waals surface area contributed by atoms with Crippen molar-refractivity contribution in [3.63, 3.8) is 0 Å². The standard InChI is InChI=1S/C21H24N2O2/c1-21-12-6-5-9-17(21)19(21)20(24)23-22-13-16-15-8-4-3-7-14(15)10-11-18(16)25-2/h3-4,7-8,10-11,13,17,19H,5-6,9,12H2,1-2H3,(H,23,24)/b22-13+/t17-,19-,21-/m0/s1. The molecule has 130 valence electrons. The molecule has 0 aliphatic heterocycles. The second-order valence-corrected chi connectivity index (χ2v) is 7.47. The quantitative estimate of drug-likeness (QED) is 0.674. The van der Waals surface area contributed by atoms with Gasteiger partial charge in [0.1, 0.15) is 5.75 Å². The van der Waals surface area contributed by atoms with Crippen LogP contribution >= 0.6 is 0 Å². The Hall–Kier alpha value is -2.36. The van der Waals surface area contributed by atoms with Crippen molar-refractivity contribution in [3.05, 3.63) is 42.0 Å². The molecule has 2 saturated carbocycles. The van der Waals surface area contributed by atoms with Crippen LogP contribution in [0.2, 0.25) is 0 Å². The number of carbonyl (C=O) groups is 1. The molecule has 3 atom stereocenters. The molecule has 2 aromatic rings. The summed E-state index contributed by atoms with van der Waals surface area (Å²) >= 11 is 0. The molecule has 2 aliphatic carbocycles. The average Bonchev–Trinajstić information content (AvgIpc) is 3.27. The maximum atomic E-state index is 12.5. The minimum absolute atomic E-state index is 0.0600. The van der Waals surface area contributed by atoms with Crippen LogP contribution in [0.1, 0.15) is 38.2 Å². The van der Waals surface area contributed by atoms with Gasteiger partial charge in [0.15, 0.2) is 0 Å². The molecule has 25 heavy (non-hydrogen) atoms. The summed E-state index contributed by atoms with van der Waals surface area (Å²) in [6.07, 6.45) is 6.53. The van der Waals surface area contributed by atoms with E-state index in [9.17, 15) is 4.79 Å². The highest BCUT2D eigenvalue weighted by Crippen LogP contribution is 2.66. The van der Waals surface area contributed by atoms with E-state index in [2.05, 4.69) is 23.5 Å². The van der Waals surface area contributed by atoms with Crippen molar-refractivity contribution in [2.45, 2.75) is 32.6 Å². The third-order valence-electron chi connectivity index (χ3n) is 6.13. The maximum absolute atomic E-state index is 12.5. The zero-order chi connectivity index (χ0) is 17.4. The fraction of sp³-hybridized carbons (Fsp3) is 0.429. The highest BCUT2D eigenvalue weighted by Gasteiger charge is 2.64. The predicted octanol–water partition coefficient (Wildman–Crippen LogP) is 4.12. The third-order valence-corrected chi connectivity index (χ3v) is 6.13. The zero-order valence-corrected chi connectivity index (χ0v) is 14.8. The number of benzene rings is 2. The first kappa shape index (κ1) is 16.1. The smallest absolute Gasteiger partial charge is 0.244 e. The molecule has 0 bridgehead atoms. The lowest BCUT2D eigenvalue weighted by atomic mass is 9.90. The molecular weight excluding hydrogens is 312 g/mol. The van der Waals surface area contributed by atoms with Gasteiger partial charge in [0, 0.05) is 11.5 Å². The van der Waals surface area contributed by atoms with Crippen LogP contribution in [-0.2, 0) is 4.79 Å². The number of fused-ring (bicyclic) bond motifs is 2. The highest BCUT2D eigenvalue weighted by atomic mass is 16.5. The van der Waals surface area contributed by atoms with Crippen molar-refractivity contribution in [1.82, 2.24) is 5.43 Å². The Morgan fingerprint density at radius 3 is 2.88 bits per heavy atom. The minimum atomic E-state index is 0.0600. The Morgan fingerprint density at radius 1 is 1.28 bits per heavy atom. The van der Waals surface area contributed by atoms with Gasteiger partial charge in [-0.25, -0.2) is 5.43 Å². The van der Waals surface area contributed by atoms with Crippen molar-refractivity contribution in [2.24, 2.45) is 22.4 Å². The van der Waals surface area contributed by atoms with E-state index in [1.54, 1.807) is 13.3 Å². The highest BCUT2D eigenvalue weighted by molar-refractivity contribution is 6.02. The van der Waals surface area contributed by atoms with E-state index in [0.29, 0.717) is 5.92 Å². The first-order valence-electron chi connectivity index (χ1n) is 9.04. The van der Waals surface area contributed by atoms with Gasteiger partial charge < -0.3 is 4.74 Å². The normalized spacial score (nSPS) is 27.9. The Bertz CT molecular complexity index is 845. The molecular formula is C21H24N2O2. The van der Waals surface area contributed by atoms with Crippen LogP contribution in [0, 0.1) is 17.3 Å². The van der Waals surface area contributed by atoms with E-state index in [-0.39, 0.29) is 17.2 Å². The summed E-state index contributed by atoms with van der Waals surface area (Å²) in [5.74, 6) is 1.48. The second kappa shape index (κ2) is 6.17. The Balaban J connectivity index is 1.53. The average molecular weight is 336 g/mol. The van der Waals surface area contributed by atoms with E-state index in [1.165, 1.54) is 19.3 Å². The summed E-state index contributed by atoms with van der Waals surface area (Å²) < 4.78 is 5.46. The summed E-state index contributed by atoms with van der Waals surface area (Å²) in [5, 5.41) is 6.43. The topological polar surface area (TPSA) is 50.7 Å². The van der Waals surface area contributed by atoms with E-state index in [4.69, 9.17) is 4.74 Å². The van der Waals surface area contributed by atoms with E-state index < -0.39 is 0 Å². The molecule has 4 nitrogen and oxygen atoms in total. The second-order valence-electron chi connectivity index (χ2n) is 7.47. The van der Waals surface area contributed by atoms with Crippen LogP contribution in [0.15, 0.2) is 41.5 Å². The zero-order valence-electron chi connectivity index (χ0n) is 14.8. The number of carbonyl (C=O) groups excluding carboxylic acids is 1. The number of rotatable bonds is 4. The molecule has 0 heterocycles. The number of hydrogen-bond donors (Lipinski definition) is 1. The first-order valence-corrected chi connectivity index (χ1v) is 9.04. The van der Waals surface area contributed by atoms with Gasteiger partial charge in [0.25, 0.3) is 0 Å². The largest absolute Gasteiger partial charge is 0.496 e. The molecule has 1 amide bonds. The van der Waals surface area contributed by atoms with Crippen LogP contribution in [-0.4, -0.2) is 19.2 Å². The van der Waals surface area contributed by atoms with Gasteiger partial charge in [0.05, 0.1) is 13.3 Å². The summed E-state index contributed by atoms with van der Waals surface area (Å²) in [6, 6.07) is 12.1. The van der Waals surface area contributed by atoms with Crippen molar-refractivity contribution in [3.8, 4) is 5.75 Å². The summed E-state index contributed by atoms with van der Waals surface area (Å²) in [7, 11) is 1.65. The van der Waals surface area contributed by atoms with Crippen molar-refractivity contribution in [2.75, 3.05) is 7.11 Å². The molecule has 0 unspecified atom stereocenters. The molecule has 0 saturated heterocycles. The number of amides is 1. The molecule has 2 aromatic carbocycles. The van der Waals surface area contributed by atoms with Crippen LogP contribution in [0.3, 0.4) is 0 Å². The number of hydrazone groups is 1. The number of hydrogen-bond acceptors (Lipinski definition) is 3. The van der Waals surface area contributed by atoms with Crippen molar-refractivity contribution >= 4 is 22.9 Å². The first-order chi connectivity index (χ1) is 12.1. The van der Waals surface area contributed by atoms with Crippen LogP contribution < -0.4 is 10.2 Å². The van der Waals surface area contributed by atoms with Gasteiger partial charge in [-0.15, -0.1) is 0 Å². The molecule has 2 aliphatic rings. The monoisotopic (exact) mass is 336 g/mol. The summed E-state index contributed by atoms with van der Waals surface area (Å²) in [5.41, 5.74) is 3.86. The lowest BCUT2D eigenvalue weighted by Crippen LogP contribution is -2.22. The summed E-state index contributed by atoms with van der Waals surface area (Å²) in [6.45, 7) is 2.25. The predicted molar refractivity (Wildman–Crippen MR) is 99.8 cm³/mol. The van der Waals surface area contributed by atoms with E-state index in [1.807, 2.05) is 30.3 Å². The van der Waals surface area contributed by atoms with Gasteiger partial charge in [-0.2, -0.15) is 5.10 Å². The van der Waals surface area contributed by atoms with Crippen LogP contribution in [0.5, 0.6) is 5.75 Å². The number of methoxy groups -OCH3 is 1. The third kappa shape index (κ3) is 2.70. The SMILES string of the molecule is COc1ccc2ccccc2c1/C=N/NC(=O)[C@@H]1[C@@H]2CCCC[C@]12C. The van der Waals surface area contributed by atoms with Gasteiger partial charge in [-0.1, -0.05) is 50.1 Å². The van der Waals surface area contributed by atoms with Crippen LogP contribution in [0.4, 0.5) is 0 Å². The Morgan fingerprint density at radius 2 is 2.12 bits per heavy atom. The van der Waals surface area contributed by atoms with Crippen molar-refractivity contribution < 1.29 is 9.53 Å². The number of nitrogens with one attached hydrogen (secondary N) is 1. The molecule has 0 radical (unpaired) electrons. The van der Waals surface area contributed by atoms with Gasteiger partial charge in [0.2, 0.25) is 5.91 Å². The van der Waals surface area contributed by atoms with Crippen LogP contribution in [0.25, 0.3) is 10.8 Å². The Labute approximate surface area is 148 Å². The molecule has 1 N–H and O–H groups in total. The fourth-order valence-electron chi connectivity index (χ4n) is 4.67. The number of ether oxygens (including phenoxy) is 1. The van der Waals surface area contributed by atoms with Gasteiger partial charge in [-0.05, 0) is 41.0 Å². The maximum Gasteiger partial charge on any atom is 0.244 e. The molecule has 0 aromatic heterocycles. The number of nitrogens with zero attached hydrogens (tertiary/aromatic N) is 1. The molecule has 2 fully saturated rings. The minimum Gasteiger partial charge on any atom is -0.496 e.